The fourth-order valence-corrected chi connectivity index (χ4v) is 3.81. The molecule has 0 amide bonds. The molecule has 2 rings (SSSR count). The van der Waals surface area contributed by atoms with E-state index in [1.54, 1.807) is 0 Å². The Morgan fingerprint density at radius 3 is 2.83 bits per heavy atom. The third-order valence-corrected chi connectivity index (χ3v) is 5.11. The molecule has 2 unspecified atom stereocenters. The molecule has 0 spiro atoms. The minimum atomic E-state index is 0.0825. The molecule has 3 heteroatoms. The molecule has 0 aromatic rings. The van der Waals surface area contributed by atoms with Crippen LogP contribution in [-0.2, 0) is 0 Å². The Labute approximate surface area is 112 Å². The fourth-order valence-electron chi connectivity index (χ4n) is 3.81. The first kappa shape index (κ1) is 14.3. The van der Waals surface area contributed by atoms with E-state index in [9.17, 15) is 5.11 Å². The number of rotatable bonds is 3. The maximum absolute atomic E-state index is 10.0. The molecule has 2 fully saturated rings. The minimum Gasteiger partial charge on any atom is -0.394 e. The van der Waals surface area contributed by atoms with E-state index in [1.165, 1.54) is 32.1 Å². The maximum atomic E-state index is 10.0. The van der Waals surface area contributed by atoms with Crippen LogP contribution in [0.4, 0.5) is 0 Å². The van der Waals surface area contributed by atoms with Crippen LogP contribution in [0.3, 0.4) is 0 Å². The van der Waals surface area contributed by atoms with Crippen LogP contribution in [0.1, 0.15) is 46.0 Å². The Hall–Kier alpha value is -0.120. The van der Waals surface area contributed by atoms with E-state index >= 15 is 0 Å². The molecule has 106 valence electrons. The standard InChI is InChI=1S/C15H30N2O/c1-13(2)14-5-3-6-15(11-14,12-18)17-9-4-7-16-8-10-17/h13-14,16,18H,3-12H2,1-2H3. The first-order valence-corrected chi connectivity index (χ1v) is 7.74. The molecule has 1 aliphatic carbocycles. The minimum absolute atomic E-state index is 0.0825. The molecule has 0 radical (unpaired) electrons. The second-order valence-electron chi connectivity index (χ2n) is 6.57. The number of hydrogen-bond donors (Lipinski definition) is 2. The Morgan fingerprint density at radius 1 is 1.28 bits per heavy atom. The van der Waals surface area contributed by atoms with Crippen LogP contribution in [0, 0.1) is 11.8 Å². The summed E-state index contributed by atoms with van der Waals surface area (Å²) in [6.07, 6.45) is 6.24. The molecule has 0 aromatic heterocycles. The number of nitrogens with one attached hydrogen (secondary N) is 1. The first-order chi connectivity index (χ1) is 8.68. The SMILES string of the molecule is CC(C)C1CCCC(CO)(N2CCCNCC2)C1. The van der Waals surface area contributed by atoms with Gasteiger partial charge in [-0.25, -0.2) is 0 Å². The summed E-state index contributed by atoms with van der Waals surface area (Å²) in [7, 11) is 0. The number of aliphatic hydroxyl groups excluding tert-OH is 1. The van der Waals surface area contributed by atoms with Crippen molar-refractivity contribution in [1.82, 2.24) is 10.2 Å². The molecule has 2 atom stereocenters. The average molecular weight is 254 g/mol. The van der Waals surface area contributed by atoms with E-state index in [0.717, 1.165) is 38.0 Å². The second-order valence-corrected chi connectivity index (χ2v) is 6.57. The summed E-state index contributed by atoms with van der Waals surface area (Å²) >= 11 is 0. The van der Waals surface area contributed by atoms with Crippen molar-refractivity contribution in [3.05, 3.63) is 0 Å². The van der Waals surface area contributed by atoms with Crippen LogP contribution < -0.4 is 5.32 Å². The summed E-state index contributed by atoms with van der Waals surface area (Å²) in [5.41, 5.74) is 0.0825. The summed E-state index contributed by atoms with van der Waals surface area (Å²) < 4.78 is 0. The first-order valence-electron chi connectivity index (χ1n) is 7.74. The third-order valence-electron chi connectivity index (χ3n) is 5.11. The predicted octanol–water partition coefficient (Wildman–Crippen LogP) is 1.86. The molecule has 1 heterocycles. The normalized spacial score (nSPS) is 35.7. The molecule has 18 heavy (non-hydrogen) atoms. The zero-order valence-corrected chi connectivity index (χ0v) is 12.1. The van der Waals surface area contributed by atoms with Crippen molar-refractivity contribution in [2.45, 2.75) is 51.5 Å². The van der Waals surface area contributed by atoms with E-state index in [-0.39, 0.29) is 5.54 Å². The van der Waals surface area contributed by atoms with E-state index in [1.807, 2.05) is 0 Å². The Kier molecular flexibility index (Phi) is 5.05. The van der Waals surface area contributed by atoms with Gasteiger partial charge in [0.1, 0.15) is 0 Å². The molecule has 0 aromatic carbocycles. The van der Waals surface area contributed by atoms with Crippen molar-refractivity contribution in [3.63, 3.8) is 0 Å². The molecular formula is C15H30N2O. The van der Waals surface area contributed by atoms with Crippen molar-refractivity contribution >= 4 is 0 Å². The molecule has 1 aliphatic heterocycles. The maximum Gasteiger partial charge on any atom is 0.0615 e. The molecule has 2 N–H and O–H groups in total. The monoisotopic (exact) mass is 254 g/mol. The van der Waals surface area contributed by atoms with Crippen molar-refractivity contribution in [3.8, 4) is 0 Å². The lowest BCUT2D eigenvalue weighted by molar-refractivity contribution is -0.0188. The second kappa shape index (κ2) is 6.36. The Balaban J connectivity index is 2.07. The van der Waals surface area contributed by atoms with Gasteiger partial charge in [0.15, 0.2) is 0 Å². The smallest absolute Gasteiger partial charge is 0.0615 e. The van der Waals surface area contributed by atoms with Gasteiger partial charge < -0.3 is 10.4 Å². The number of nitrogens with zero attached hydrogens (tertiary/aromatic N) is 1. The average Bonchev–Trinajstić information content (AvgIpc) is 2.68. The highest BCUT2D eigenvalue weighted by Crippen LogP contribution is 2.40. The van der Waals surface area contributed by atoms with Crippen LogP contribution >= 0.6 is 0 Å². The van der Waals surface area contributed by atoms with E-state index in [2.05, 4.69) is 24.1 Å². The lowest BCUT2D eigenvalue weighted by Gasteiger charge is -2.48. The predicted molar refractivity (Wildman–Crippen MR) is 75.7 cm³/mol. The van der Waals surface area contributed by atoms with Gasteiger partial charge in [-0.05, 0) is 37.6 Å². The summed E-state index contributed by atoms with van der Waals surface area (Å²) in [5, 5.41) is 13.5. The van der Waals surface area contributed by atoms with Crippen LogP contribution in [0.25, 0.3) is 0 Å². The summed E-state index contributed by atoms with van der Waals surface area (Å²) in [6.45, 7) is 9.48. The van der Waals surface area contributed by atoms with E-state index in [4.69, 9.17) is 0 Å². The zero-order chi connectivity index (χ0) is 13.0. The summed E-state index contributed by atoms with van der Waals surface area (Å²) in [5.74, 6) is 1.54. The topological polar surface area (TPSA) is 35.5 Å². The van der Waals surface area contributed by atoms with Crippen molar-refractivity contribution < 1.29 is 5.11 Å². The number of aliphatic hydroxyl groups is 1. The molecule has 3 nitrogen and oxygen atoms in total. The molecule has 1 saturated heterocycles. The van der Waals surface area contributed by atoms with Gasteiger partial charge in [0, 0.05) is 25.2 Å². The van der Waals surface area contributed by atoms with Gasteiger partial charge in [0.25, 0.3) is 0 Å². The quantitative estimate of drug-likeness (QED) is 0.807. The molecule has 2 aliphatic rings. The highest BCUT2D eigenvalue weighted by molar-refractivity contribution is 4.96. The Bertz CT molecular complexity index is 249. The Morgan fingerprint density at radius 2 is 2.11 bits per heavy atom. The van der Waals surface area contributed by atoms with Crippen LogP contribution in [0.5, 0.6) is 0 Å². The van der Waals surface area contributed by atoms with Crippen LogP contribution in [0.2, 0.25) is 0 Å². The van der Waals surface area contributed by atoms with E-state index in [0.29, 0.717) is 6.61 Å². The largest absolute Gasteiger partial charge is 0.394 e. The van der Waals surface area contributed by atoms with Crippen molar-refractivity contribution in [2.75, 3.05) is 32.8 Å². The molecule has 1 saturated carbocycles. The summed E-state index contributed by atoms with van der Waals surface area (Å²) in [6, 6.07) is 0. The lowest BCUT2D eigenvalue weighted by atomic mass is 9.71. The van der Waals surface area contributed by atoms with Gasteiger partial charge >= 0.3 is 0 Å². The summed E-state index contributed by atoms with van der Waals surface area (Å²) in [4.78, 5) is 2.58. The third kappa shape index (κ3) is 3.06. The van der Waals surface area contributed by atoms with E-state index < -0.39 is 0 Å². The highest BCUT2D eigenvalue weighted by Gasteiger charge is 2.41. The zero-order valence-electron chi connectivity index (χ0n) is 12.1. The van der Waals surface area contributed by atoms with Crippen LogP contribution in [0.15, 0.2) is 0 Å². The van der Waals surface area contributed by atoms with Gasteiger partial charge in [-0.2, -0.15) is 0 Å². The van der Waals surface area contributed by atoms with Gasteiger partial charge in [0.2, 0.25) is 0 Å². The van der Waals surface area contributed by atoms with Crippen molar-refractivity contribution in [2.24, 2.45) is 11.8 Å². The molecule has 0 bridgehead atoms. The van der Waals surface area contributed by atoms with Gasteiger partial charge in [-0.1, -0.05) is 26.7 Å². The molecular weight excluding hydrogens is 224 g/mol. The fraction of sp³-hybridized carbons (Fsp3) is 1.00. The van der Waals surface area contributed by atoms with Gasteiger partial charge in [0.05, 0.1) is 6.61 Å². The van der Waals surface area contributed by atoms with Crippen molar-refractivity contribution in [1.29, 1.82) is 0 Å². The number of hydrogen-bond acceptors (Lipinski definition) is 3. The van der Waals surface area contributed by atoms with Gasteiger partial charge in [-0.3, -0.25) is 4.90 Å². The highest BCUT2D eigenvalue weighted by atomic mass is 16.3. The van der Waals surface area contributed by atoms with Gasteiger partial charge in [-0.15, -0.1) is 0 Å². The lowest BCUT2D eigenvalue weighted by Crippen LogP contribution is -2.55. The van der Waals surface area contributed by atoms with Crippen LogP contribution in [-0.4, -0.2) is 48.3 Å².